The van der Waals surface area contributed by atoms with Crippen molar-refractivity contribution >= 4 is 6.03 Å². The van der Waals surface area contributed by atoms with E-state index in [0.29, 0.717) is 0 Å². The van der Waals surface area contributed by atoms with Crippen LogP contribution in [0.1, 0.15) is 11.1 Å². The number of nitrogens with two attached hydrogens (primary N) is 1. The van der Waals surface area contributed by atoms with Gasteiger partial charge in [-0.05, 0) is 11.1 Å². The fraction of sp³-hybridized carbons (Fsp3) is 0.222. The van der Waals surface area contributed by atoms with Crippen LogP contribution in [0.25, 0.3) is 0 Å². The number of hydrogen-bond donors (Lipinski definition) is 3. The molecule has 1 aliphatic rings. The van der Waals surface area contributed by atoms with Crippen LogP contribution in [-0.2, 0) is 13.1 Å². The van der Waals surface area contributed by atoms with Crippen LogP contribution in [-0.4, -0.2) is 11.0 Å². The molecule has 0 radical (unpaired) electrons. The summed E-state index contributed by atoms with van der Waals surface area (Å²) in [5.41, 5.74) is 12.5. The largest absolute Gasteiger partial charge is 0.351 e. The van der Waals surface area contributed by atoms with E-state index in [9.17, 15) is 4.79 Å². The van der Waals surface area contributed by atoms with Crippen molar-refractivity contribution in [3.8, 4) is 0 Å². The Morgan fingerprint density at radius 2 is 1.86 bits per heavy atom. The van der Waals surface area contributed by atoms with Crippen LogP contribution in [0.15, 0.2) is 24.3 Å². The Labute approximate surface area is 81.8 Å². The van der Waals surface area contributed by atoms with Gasteiger partial charge in [-0.2, -0.15) is 5.53 Å². The molecule has 4 N–H and O–H groups in total. The Morgan fingerprint density at radius 3 is 2.36 bits per heavy atom. The van der Waals surface area contributed by atoms with E-state index in [1.54, 1.807) is 0 Å². The molecule has 1 aromatic carbocycles. The molecule has 0 unspecified atom stereocenters. The first-order valence-corrected chi connectivity index (χ1v) is 4.38. The summed E-state index contributed by atoms with van der Waals surface area (Å²) in [6.45, 7) is 1.55. The van der Waals surface area contributed by atoms with Gasteiger partial charge in [0.1, 0.15) is 0 Å². The Kier molecular flexibility index (Phi) is 2.34. The molecule has 0 aliphatic carbocycles. The van der Waals surface area contributed by atoms with Crippen LogP contribution < -0.4 is 16.7 Å². The van der Waals surface area contributed by atoms with E-state index in [2.05, 4.69) is 23.1 Å². The predicted octanol–water partition coefficient (Wildman–Crippen LogP) is 0.0901. The number of fused-ring (bicyclic) bond motifs is 1. The van der Waals surface area contributed by atoms with Gasteiger partial charge in [0.2, 0.25) is 0 Å². The normalized spacial score (nSPS) is 15.1. The number of rotatable bonds is 2. The van der Waals surface area contributed by atoms with Gasteiger partial charge >= 0.3 is 6.03 Å². The smallest absolute Gasteiger partial charge is 0.327 e. The fourth-order valence-corrected chi connectivity index (χ4v) is 1.55. The second-order valence-corrected chi connectivity index (χ2v) is 3.23. The van der Waals surface area contributed by atoms with Crippen LogP contribution in [0.4, 0.5) is 4.79 Å². The van der Waals surface area contributed by atoms with Gasteiger partial charge in [0.05, 0.1) is 0 Å². The van der Waals surface area contributed by atoms with Crippen molar-refractivity contribution in [1.29, 1.82) is 0 Å². The van der Waals surface area contributed by atoms with E-state index < -0.39 is 6.03 Å². The summed E-state index contributed by atoms with van der Waals surface area (Å²) in [7, 11) is 0. The Bertz CT molecular complexity index is 327. The van der Waals surface area contributed by atoms with Gasteiger partial charge in [0, 0.05) is 13.1 Å². The second-order valence-electron chi connectivity index (χ2n) is 3.23. The Hall–Kier alpha value is -1.59. The molecule has 0 saturated heterocycles. The highest BCUT2D eigenvalue weighted by atomic mass is 16.2. The molecule has 14 heavy (non-hydrogen) atoms. The maximum absolute atomic E-state index is 10.5. The van der Waals surface area contributed by atoms with Crippen LogP contribution in [0.5, 0.6) is 0 Å². The zero-order chi connectivity index (χ0) is 9.97. The van der Waals surface area contributed by atoms with Gasteiger partial charge in [-0.1, -0.05) is 24.3 Å². The number of carbonyl (C=O) groups is 1. The van der Waals surface area contributed by atoms with Crippen LogP contribution in [0.2, 0.25) is 0 Å². The number of urea groups is 1. The van der Waals surface area contributed by atoms with Crippen molar-refractivity contribution in [2.45, 2.75) is 13.1 Å². The van der Waals surface area contributed by atoms with Gasteiger partial charge < -0.3 is 5.73 Å². The Balaban J connectivity index is 1.95. The molecular formula is C9H12N4O. The fourth-order valence-electron chi connectivity index (χ4n) is 1.55. The zero-order valence-electron chi connectivity index (χ0n) is 7.66. The third-order valence-electron chi connectivity index (χ3n) is 2.18. The number of primary amides is 1. The predicted molar refractivity (Wildman–Crippen MR) is 51.5 cm³/mol. The topological polar surface area (TPSA) is 70.4 Å². The first-order chi connectivity index (χ1) is 6.75. The summed E-state index contributed by atoms with van der Waals surface area (Å²) in [5, 5.41) is 1.88. The van der Waals surface area contributed by atoms with Crippen molar-refractivity contribution in [2.24, 2.45) is 5.73 Å². The number of hydrogen-bond acceptors (Lipinski definition) is 3. The van der Waals surface area contributed by atoms with E-state index in [1.807, 2.05) is 17.1 Å². The minimum Gasteiger partial charge on any atom is -0.351 e. The van der Waals surface area contributed by atoms with Crippen molar-refractivity contribution in [3.05, 3.63) is 35.4 Å². The molecular weight excluding hydrogens is 180 g/mol. The van der Waals surface area contributed by atoms with Gasteiger partial charge in [-0.15, -0.1) is 0 Å². The third kappa shape index (κ3) is 1.84. The highest BCUT2D eigenvalue weighted by Gasteiger charge is 2.17. The number of carbonyl (C=O) groups excluding carboxylic acids is 1. The monoisotopic (exact) mass is 192 g/mol. The van der Waals surface area contributed by atoms with E-state index in [-0.39, 0.29) is 0 Å². The highest BCUT2D eigenvalue weighted by molar-refractivity contribution is 5.70. The third-order valence-corrected chi connectivity index (χ3v) is 2.18. The number of nitrogens with one attached hydrogen (secondary N) is 2. The van der Waals surface area contributed by atoms with E-state index >= 15 is 0 Å². The lowest BCUT2D eigenvalue weighted by atomic mass is 10.1. The standard InChI is InChI=1S/C9H12N4O/c10-9(14)11-12-13-5-7-3-1-2-4-8(7)6-13/h1-4,12H,5-6H2,(H3,10,11,14). The number of hydrazine groups is 2. The molecule has 1 aliphatic heterocycles. The average Bonchev–Trinajstić information content (AvgIpc) is 2.57. The van der Waals surface area contributed by atoms with Gasteiger partial charge in [-0.3, -0.25) is 5.43 Å². The molecule has 1 aromatic rings. The molecule has 0 fully saturated rings. The molecule has 5 heteroatoms. The summed E-state index contributed by atoms with van der Waals surface area (Å²) in [5.74, 6) is 0. The number of nitrogens with zero attached hydrogens (tertiary/aromatic N) is 1. The van der Waals surface area contributed by atoms with Crippen molar-refractivity contribution in [2.75, 3.05) is 0 Å². The minimum atomic E-state index is -0.582. The lowest BCUT2D eigenvalue weighted by Gasteiger charge is -2.15. The Morgan fingerprint density at radius 1 is 1.29 bits per heavy atom. The van der Waals surface area contributed by atoms with Crippen LogP contribution in [0, 0.1) is 0 Å². The van der Waals surface area contributed by atoms with E-state index in [0.717, 1.165) is 13.1 Å². The maximum atomic E-state index is 10.5. The number of benzene rings is 1. The quantitative estimate of drug-likeness (QED) is 0.581. The van der Waals surface area contributed by atoms with Crippen molar-refractivity contribution in [3.63, 3.8) is 0 Å². The highest BCUT2D eigenvalue weighted by Crippen LogP contribution is 2.19. The number of amides is 2. The molecule has 0 aromatic heterocycles. The summed E-state index contributed by atoms with van der Waals surface area (Å²) < 4.78 is 0. The maximum Gasteiger partial charge on any atom is 0.327 e. The average molecular weight is 192 g/mol. The summed E-state index contributed by atoms with van der Waals surface area (Å²) in [4.78, 5) is 10.5. The summed E-state index contributed by atoms with van der Waals surface area (Å²) in [6.07, 6.45) is 0. The lowest BCUT2D eigenvalue weighted by Crippen LogP contribution is -2.49. The molecule has 0 atom stereocenters. The SMILES string of the molecule is NC(=O)NNN1Cc2ccccc2C1. The summed E-state index contributed by atoms with van der Waals surface area (Å²) in [6, 6.07) is 7.57. The molecule has 2 amide bonds. The van der Waals surface area contributed by atoms with E-state index in [4.69, 9.17) is 5.73 Å². The van der Waals surface area contributed by atoms with Gasteiger partial charge in [0.15, 0.2) is 0 Å². The molecule has 0 saturated carbocycles. The second kappa shape index (κ2) is 3.65. The van der Waals surface area contributed by atoms with Crippen molar-refractivity contribution < 1.29 is 4.79 Å². The zero-order valence-corrected chi connectivity index (χ0v) is 7.66. The van der Waals surface area contributed by atoms with Crippen molar-refractivity contribution in [1.82, 2.24) is 16.0 Å². The molecule has 5 nitrogen and oxygen atoms in total. The molecule has 0 bridgehead atoms. The summed E-state index contributed by atoms with van der Waals surface area (Å²) >= 11 is 0. The van der Waals surface area contributed by atoms with Crippen LogP contribution >= 0.6 is 0 Å². The molecule has 0 spiro atoms. The minimum absolute atomic E-state index is 0.582. The molecule has 74 valence electrons. The van der Waals surface area contributed by atoms with Gasteiger partial charge in [0.25, 0.3) is 0 Å². The van der Waals surface area contributed by atoms with Gasteiger partial charge in [-0.25, -0.2) is 9.80 Å². The molecule has 1 heterocycles. The lowest BCUT2D eigenvalue weighted by molar-refractivity contribution is 0.155. The van der Waals surface area contributed by atoms with Crippen LogP contribution in [0.3, 0.4) is 0 Å². The van der Waals surface area contributed by atoms with E-state index in [1.165, 1.54) is 11.1 Å². The first-order valence-electron chi connectivity index (χ1n) is 4.38. The first kappa shape index (κ1) is 8.98. The molecule has 2 rings (SSSR count).